The summed E-state index contributed by atoms with van der Waals surface area (Å²) in [6.45, 7) is 7.52. The van der Waals surface area contributed by atoms with Crippen molar-refractivity contribution in [2.45, 2.75) is 33.3 Å². The monoisotopic (exact) mass is 390 g/mol. The first-order chi connectivity index (χ1) is 13.3. The second-order valence-corrected chi connectivity index (χ2v) is 7.08. The lowest BCUT2D eigenvalue weighted by molar-refractivity contribution is 0.126. The lowest BCUT2D eigenvalue weighted by atomic mass is 10.2. The van der Waals surface area contributed by atoms with Crippen LogP contribution in [0, 0.1) is 0 Å². The van der Waals surface area contributed by atoms with Gasteiger partial charge in [-0.2, -0.15) is 0 Å². The Labute approximate surface area is 166 Å². The molecular formula is C20H30N4O2S. The van der Waals surface area contributed by atoms with Gasteiger partial charge in [0.15, 0.2) is 5.96 Å². The van der Waals surface area contributed by atoms with E-state index in [1.807, 2.05) is 30.5 Å². The molecule has 0 saturated heterocycles. The predicted octanol–water partition coefficient (Wildman–Crippen LogP) is 3.03. The molecule has 0 saturated carbocycles. The average molecular weight is 391 g/mol. The lowest BCUT2D eigenvalue weighted by Gasteiger charge is -2.11. The summed E-state index contributed by atoms with van der Waals surface area (Å²) in [6, 6.07) is 7.89. The summed E-state index contributed by atoms with van der Waals surface area (Å²) in [5.74, 6) is 1.66. The number of aromatic nitrogens is 1. The number of guanidine groups is 1. The molecule has 0 atom stereocenters. The van der Waals surface area contributed by atoms with Crippen LogP contribution in [0.25, 0.3) is 0 Å². The maximum Gasteiger partial charge on any atom is 0.191 e. The molecule has 1 heterocycles. The molecule has 0 aliphatic carbocycles. The third kappa shape index (κ3) is 7.56. The van der Waals surface area contributed by atoms with Crippen LogP contribution in [0.15, 0.2) is 35.5 Å². The summed E-state index contributed by atoms with van der Waals surface area (Å²) >= 11 is 1.78. The Morgan fingerprint density at radius 3 is 2.81 bits per heavy atom. The first kappa shape index (κ1) is 21.2. The fraction of sp³-hybridized carbons (Fsp3) is 0.500. The lowest BCUT2D eigenvalue weighted by Crippen LogP contribution is -2.38. The number of aliphatic imine (C=N–C) groups is 1. The maximum absolute atomic E-state index is 5.73. The van der Waals surface area contributed by atoms with Gasteiger partial charge >= 0.3 is 0 Å². The smallest absolute Gasteiger partial charge is 0.191 e. The van der Waals surface area contributed by atoms with Gasteiger partial charge in [-0.05, 0) is 19.4 Å². The minimum Gasteiger partial charge on any atom is -0.496 e. The SMILES string of the molecule is CCNC(=NCCOCc1ccccc1OC)NCCc1ncc(CC)s1. The van der Waals surface area contributed by atoms with Crippen LogP contribution >= 0.6 is 11.3 Å². The van der Waals surface area contributed by atoms with Gasteiger partial charge in [0, 0.05) is 36.1 Å². The number of benzene rings is 1. The van der Waals surface area contributed by atoms with Crippen LogP contribution in [0.2, 0.25) is 0 Å². The van der Waals surface area contributed by atoms with Crippen LogP contribution in [0.5, 0.6) is 5.75 Å². The van der Waals surface area contributed by atoms with Crippen molar-refractivity contribution in [1.82, 2.24) is 15.6 Å². The highest BCUT2D eigenvalue weighted by atomic mass is 32.1. The number of aryl methyl sites for hydroxylation is 1. The molecule has 2 aromatic rings. The zero-order valence-electron chi connectivity index (χ0n) is 16.5. The van der Waals surface area contributed by atoms with E-state index in [0.29, 0.717) is 19.8 Å². The average Bonchev–Trinajstić information content (AvgIpc) is 3.16. The van der Waals surface area contributed by atoms with Gasteiger partial charge in [0.2, 0.25) is 0 Å². The number of nitrogens with one attached hydrogen (secondary N) is 2. The van der Waals surface area contributed by atoms with Crippen LogP contribution in [0.1, 0.15) is 29.3 Å². The highest BCUT2D eigenvalue weighted by Crippen LogP contribution is 2.17. The van der Waals surface area contributed by atoms with Crippen molar-refractivity contribution in [3.8, 4) is 5.75 Å². The topological polar surface area (TPSA) is 67.8 Å². The molecule has 1 aromatic carbocycles. The first-order valence-corrected chi connectivity index (χ1v) is 10.2. The minimum absolute atomic E-state index is 0.521. The van der Waals surface area contributed by atoms with Gasteiger partial charge in [-0.15, -0.1) is 11.3 Å². The Kier molecular flexibility index (Phi) is 9.65. The molecule has 0 bridgehead atoms. The van der Waals surface area contributed by atoms with Crippen molar-refractivity contribution < 1.29 is 9.47 Å². The fourth-order valence-corrected chi connectivity index (χ4v) is 3.34. The number of ether oxygens (including phenoxy) is 2. The van der Waals surface area contributed by atoms with Crippen molar-refractivity contribution in [3.05, 3.63) is 45.9 Å². The second-order valence-electron chi connectivity index (χ2n) is 5.88. The summed E-state index contributed by atoms with van der Waals surface area (Å²) in [6.07, 6.45) is 3.92. The fourth-order valence-electron chi connectivity index (χ4n) is 2.48. The Morgan fingerprint density at radius 1 is 1.22 bits per heavy atom. The van der Waals surface area contributed by atoms with Gasteiger partial charge < -0.3 is 20.1 Å². The zero-order chi connectivity index (χ0) is 19.3. The molecule has 27 heavy (non-hydrogen) atoms. The van der Waals surface area contributed by atoms with Crippen molar-refractivity contribution in [1.29, 1.82) is 0 Å². The zero-order valence-corrected chi connectivity index (χ0v) is 17.3. The number of nitrogens with zero attached hydrogens (tertiary/aromatic N) is 2. The number of hydrogen-bond acceptors (Lipinski definition) is 5. The number of rotatable bonds is 11. The molecule has 6 nitrogen and oxygen atoms in total. The van der Waals surface area contributed by atoms with Crippen molar-refractivity contribution in [2.24, 2.45) is 4.99 Å². The number of methoxy groups -OCH3 is 1. The van der Waals surface area contributed by atoms with Gasteiger partial charge in [0.05, 0.1) is 31.9 Å². The van der Waals surface area contributed by atoms with Gasteiger partial charge in [0.1, 0.15) is 5.75 Å². The molecule has 0 amide bonds. The molecule has 0 unspecified atom stereocenters. The quantitative estimate of drug-likeness (QED) is 0.351. The third-order valence-corrected chi connectivity index (χ3v) is 5.08. The van der Waals surface area contributed by atoms with Gasteiger partial charge in [0.25, 0.3) is 0 Å². The largest absolute Gasteiger partial charge is 0.496 e. The summed E-state index contributed by atoms with van der Waals surface area (Å²) < 4.78 is 11.1. The molecule has 0 aliphatic rings. The predicted molar refractivity (Wildman–Crippen MR) is 112 cm³/mol. The Bertz CT molecular complexity index is 703. The van der Waals surface area contributed by atoms with Crippen LogP contribution in [0.3, 0.4) is 0 Å². The molecule has 0 aliphatic heterocycles. The Hall–Kier alpha value is -2.12. The first-order valence-electron chi connectivity index (χ1n) is 9.42. The van der Waals surface area contributed by atoms with Crippen LogP contribution in [0.4, 0.5) is 0 Å². The summed E-state index contributed by atoms with van der Waals surface area (Å²) in [4.78, 5) is 10.3. The molecule has 148 valence electrons. The number of para-hydroxylation sites is 1. The summed E-state index contributed by atoms with van der Waals surface area (Å²) in [7, 11) is 1.67. The number of hydrogen-bond donors (Lipinski definition) is 2. The molecule has 0 fully saturated rings. The van der Waals surface area contributed by atoms with Crippen LogP contribution in [-0.4, -0.2) is 44.3 Å². The van der Waals surface area contributed by atoms with Gasteiger partial charge in [-0.1, -0.05) is 25.1 Å². The van der Waals surface area contributed by atoms with Crippen molar-refractivity contribution in [2.75, 3.05) is 33.4 Å². The van der Waals surface area contributed by atoms with Gasteiger partial charge in [-0.25, -0.2) is 4.98 Å². The van der Waals surface area contributed by atoms with Crippen LogP contribution < -0.4 is 15.4 Å². The number of thiazole rings is 1. The van der Waals surface area contributed by atoms with E-state index in [1.54, 1.807) is 18.4 Å². The molecular weight excluding hydrogens is 360 g/mol. The molecule has 2 N–H and O–H groups in total. The second kappa shape index (κ2) is 12.3. The molecule has 1 aromatic heterocycles. The third-order valence-electron chi connectivity index (χ3n) is 3.88. The Morgan fingerprint density at radius 2 is 2.07 bits per heavy atom. The van der Waals surface area contributed by atoms with Crippen molar-refractivity contribution >= 4 is 17.3 Å². The molecule has 2 rings (SSSR count). The van der Waals surface area contributed by atoms with E-state index in [4.69, 9.17) is 9.47 Å². The molecule has 0 spiro atoms. The minimum atomic E-state index is 0.521. The standard InChI is InChI=1S/C20H30N4O2S/c1-4-17-14-24-19(27-17)10-11-22-20(21-5-2)23-12-13-26-15-16-8-6-7-9-18(16)25-3/h6-9,14H,4-5,10-13,15H2,1-3H3,(H2,21,22,23). The van der Waals surface area contributed by atoms with Crippen molar-refractivity contribution in [3.63, 3.8) is 0 Å². The van der Waals surface area contributed by atoms with E-state index in [-0.39, 0.29) is 0 Å². The Balaban J connectivity index is 1.70. The summed E-state index contributed by atoms with van der Waals surface area (Å²) in [5.41, 5.74) is 1.05. The summed E-state index contributed by atoms with van der Waals surface area (Å²) in [5, 5.41) is 7.77. The van der Waals surface area contributed by atoms with E-state index in [0.717, 1.165) is 48.2 Å². The normalized spacial score (nSPS) is 11.4. The highest BCUT2D eigenvalue weighted by molar-refractivity contribution is 7.11. The molecule has 7 heteroatoms. The van der Waals surface area contributed by atoms with E-state index in [1.165, 1.54) is 4.88 Å². The van der Waals surface area contributed by atoms with Gasteiger partial charge in [-0.3, -0.25) is 4.99 Å². The van der Waals surface area contributed by atoms with E-state index >= 15 is 0 Å². The van der Waals surface area contributed by atoms with E-state index < -0.39 is 0 Å². The van der Waals surface area contributed by atoms with E-state index in [9.17, 15) is 0 Å². The maximum atomic E-state index is 5.73. The molecule has 0 radical (unpaired) electrons. The van der Waals surface area contributed by atoms with E-state index in [2.05, 4.69) is 34.5 Å². The highest BCUT2D eigenvalue weighted by Gasteiger charge is 2.03. The van der Waals surface area contributed by atoms with Crippen LogP contribution in [-0.2, 0) is 24.2 Å².